The van der Waals surface area contributed by atoms with Gasteiger partial charge in [0, 0.05) is 4.88 Å². The quantitative estimate of drug-likeness (QED) is 0.631. The highest BCUT2D eigenvalue weighted by atomic mass is 32.1. The fourth-order valence-electron chi connectivity index (χ4n) is 1.85. The van der Waals surface area contributed by atoms with E-state index in [1.54, 1.807) is 11.3 Å². The molecule has 0 aromatic carbocycles. The number of aliphatic hydroxyl groups is 1. The first-order valence-electron chi connectivity index (χ1n) is 4.97. The summed E-state index contributed by atoms with van der Waals surface area (Å²) in [6.45, 7) is 12.1. The van der Waals surface area contributed by atoms with E-state index in [0.29, 0.717) is 0 Å². The Bertz CT molecular complexity index is 378. The summed E-state index contributed by atoms with van der Waals surface area (Å²) in [5.74, 6) is 0. The van der Waals surface area contributed by atoms with Crippen LogP contribution in [0, 0.1) is 0 Å². The molecule has 0 saturated heterocycles. The molecule has 3 heteroatoms. The Morgan fingerprint density at radius 3 is 2.47 bits per heavy atom. The summed E-state index contributed by atoms with van der Waals surface area (Å²) in [7, 11) is -1.58. The molecule has 1 aromatic rings. The van der Waals surface area contributed by atoms with Crippen LogP contribution in [0.2, 0.25) is 19.6 Å². The van der Waals surface area contributed by atoms with Crippen LogP contribution in [0.4, 0.5) is 0 Å². The zero-order valence-electron chi connectivity index (χ0n) is 9.79. The van der Waals surface area contributed by atoms with E-state index in [1.807, 2.05) is 24.4 Å². The third-order valence-corrected chi connectivity index (χ3v) is 5.66. The summed E-state index contributed by atoms with van der Waals surface area (Å²) in [5, 5.41) is 13.5. The van der Waals surface area contributed by atoms with Gasteiger partial charge in [0.15, 0.2) is 0 Å². The average molecular weight is 238 g/mol. The Morgan fingerprint density at radius 1 is 1.53 bits per heavy atom. The molecule has 0 saturated carbocycles. The van der Waals surface area contributed by atoms with Crippen LogP contribution < -0.4 is 0 Å². The van der Waals surface area contributed by atoms with E-state index in [1.165, 1.54) is 0 Å². The van der Waals surface area contributed by atoms with Gasteiger partial charge < -0.3 is 5.11 Å². The number of hydrogen-bond acceptors (Lipinski definition) is 2. The van der Waals surface area contributed by atoms with Crippen LogP contribution in [0.1, 0.15) is 11.8 Å². The van der Waals surface area contributed by atoms with E-state index < -0.39 is 13.7 Å². The van der Waals surface area contributed by atoms with Crippen LogP contribution in [0.25, 0.3) is 0 Å². The topological polar surface area (TPSA) is 20.2 Å². The number of hydrogen-bond donors (Lipinski definition) is 1. The molecule has 1 aromatic heterocycles. The molecule has 0 aliphatic heterocycles. The molecule has 0 aliphatic carbocycles. The molecule has 0 amide bonds. The second-order valence-electron chi connectivity index (χ2n) is 4.85. The fourth-order valence-corrected chi connectivity index (χ4v) is 4.85. The minimum absolute atomic E-state index is 0.902. The van der Waals surface area contributed by atoms with Crippen molar-refractivity contribution in [3.05, 3.63) is 39.9 Å². The van der Waals surface area contributed by atoms with Crippen LogP contribution in [-0.4, -0.2) is 13.2 Å². The highest BCUT2D eigenvalue weighted by molar-refractivity contribution is 7.10. The Morgan fingerprint density at radius 2 is 2.13 bits per heavy atom. The smallest absolute Gasteiger partial charge is 0.121 e. The molecule has 0 bridgehead atoms. The Kier molecular flexibility index (Phi) is 3.41. The van der Waals surface area contributed by atoms with E-state index >= 15 is 0 Å². The van der Waals surface area contributed by atoms with E-state index in [9.17, 15) is 5.11 Å². The van der Waals surface area contributed by atoms with Gasteiger partial charge in [-0.15, -0.1) is 17.1 Å². The van der Waals surface area contributed by atoms with Crippen molar-refractivity contribution >= 4 is 19.4 Å². The van der Waals surface area contributed by atoms with Crippen molar-refractivity contribution in [3.63, 3.8) is 0 Å². The van der Waals surface area contributed by atoms with Gasteiger partial charge in [0.25, 0.3) is 0 Å². The van der Waals surface area contributed by atoms with E-state index in [0.717, 1.165) is 10.1 Å². The highest BCUT2D eigenvalue weighted by Crippen LogP contribution is 2.36. The first kappa shape index (κ1) is 12.5. The minimum atomic E-state index is -1.58. The molecule has 1 N–H and O–H groups in total. The van der Waals surface area contributed by atoms with Gasteiger partial charge in [0.2, 0.25) is 0 Å². The van der Waals surface area contributed by atoms with Crippen molar-refractivity contribution in [1.29, 1.82) is 0 Å². The largest absolute Gasteiger partial charge is 0.380 e. The van der Waals surface area contributed by atoms with E-state index in [-0.39, 0.29) is 0 Å². The maximum atomic E-state index is 10.6. The second-order valence-corrected chi connectivity index (χ2v) is 10.8. The molecule has 0 unspecified atom stereocenters. The van der Waals surface area contributed by atoms with Gasteiger partial charge in [-0.05, 0) is 23.6 Å². The second kappa shape index (κ2) is 4.10. The average Bonchev–Trinajstić information content (AvgIpc) is 2.52. The van der Waals surface area contributed by atoms with Crippen molar-refractivity contribution in [3.8, 4) is 0 Å². The number of rotatable bonds is 3. The Balaban J connectivity index is 3.22. The van der Waals surface area contributed by atoms with Crippen molar-refractivity contribution in [2.75, 3.05) is 0 Å². The molecule has 0 fully saturated rings. The van der Waals surface area contributed by atoms with Crippen LogP contribution >= 0.6 is 11.3 Å². The molecule has 0 aliphatic rings. The molecule has 82 valence electrons. The van der Waals surface area contributed by atoms with Gasteiger partial charge in [0.05, 0.1) is 8.07 Å². The SMILES string of the molecule is C=C=C([C@](C)(O)c1cccs1)[Si](C)(C)C. The number of thiophene rings is 1. The Labute approximate surface area is 96.8 Å². The van der Waals surface area contributed by atoms with Crippen molar-refractivity contribution in [2.45, 2.75) is 32.2 Å². The summed E-state index contributed by atoms with van der Waals surface area (Å²) in [6.07, 6.45) is 0. The van der Waals surface area contributed by atoms with Crippen LogP contribution in [-0.2, 0) is 5.60 Å². The first-order chi connectivity index (χ1) is 6.80. The predicted octanol–water partition coefficient (Wildman–Crippen LogP) is 3.54. The molecule has 1 nitrogen and oxygen atoms in total. The maximum absolute atomic E-state index is 10.6. The van der Waals surface area contributed by atoms with Gasteiger partial charge in [0.1, 0.15) is 5.60 Å². The van der Waals surface area contributed by atoms with Crippen molar-refractivity contribution in [1.82, 2.24) is 0 Å². The molecule has 15 heavy (non-hydrogen) atoms. The first-order valence-corrected chi connectivity index (χ1v) is 9.35. The standard InChI is InChI=1S/C12H18OSSi/c1-6-11(15(3,4)5)12(2,13)10-8-7-9-14-10/h7-9,13H,1H2,2-5H3/t12-/m1/s1. The third kappa shape index (κ3) is 2.50. The summed E-state index contributed by atoms with van der Waals surface area (Å²) >= 11 is 1.57. The lowest BCUT2D eigenvalue weighted by Crippen LogP contribution is -2.37. The summed E-state index contributed by atoms with van der Waals surface area (Å²) < 4.78 is 0. The van der Waals surface area contributed by atoms with Crippen molar-refractivity contribution in [2.24, 2.45) is 0 Å². The monoisotopic (exact) mass is 238 g/mol. The van der Waals surface area contributed by atoms with Crippen LogP contribution in [0.3, 0.4) is 0 Å². The normalized spacial score (nSPS) is 15.5. The summed E-state index contributed by atoms with van der Waals surface area (Å²) in [4.78, 5) is 0.969. The summed E-state index contributed by atoms with van der Waals surface area (Å²) in [6, 6.07) is 3.92. The van der Waals surface area contributed by atoms with Gasteiger partial charge in [-0.1, -0.05) is 32.3 Å². The molecular weight excluding hydrogens is 220 g/mol. The van der Waals surface area contributed by atoms with Gasteiger partial charge in [-0.2, -0.15) is 0 Å². The van der Waals surface area contributed by atoms with E-state index in [4.69, 9.17) is 0 Å². The summed E-state index contributed by atoms with van der Waals surface area (Å²) in [5.41, 5.74) is 2.05. The van der Waals surface area contributed by atoms with Gasteiger partial charge >= 0.3 is 0 Å². The molecular formula is C12H18OSSi. The molecule has 0 radical (unpaired) electrons. The Hall–Kier alpha value is -0.603. The lowest BCUT2D eigenvalue weighted by molar-refractivity contribution is 0.109. The molecule has 1 heterocycles. The van der Waals surface area contributed by atoms with Gasteiger partial charge in [-0.25, -0.2) is 0 Å². The van der Waals surface area contributed by atoms with Gasteiger partial charge in [-0.3, -0.25) is 0 Å². The maximum Gasteiger partial charge on any atom is 0.121 e. The zero-order chi connectivity index (χ0) is 11.7. The molecule has 1 atom stereocenters. The predicted molar refractivity (Wildman–Crippen MR) is 69.9 cm³/mol. The molecule has 0 spiro atoms. The van der Waals surface area contributed by atoms with Crippen molar-refractivity contribution < 1.29 is 5.11 Å². The highest BCUT2D eigenvalue weighted by Gasteiger charge is 2.36. The van der Waals surface area contributed by atoms with Crippen LogP contribution in [0.5, 0.6) is 0 Å². The lowest BCUT2D eigenvalue weighted by Gasteiger charge is -2.31. The molecule has 1 rings (SSSR count). The zero-order valence-corrected chi connectivity index (χ0v) is 11.6. The van der Waals surface area contributed by atoms with E-state index in [2.05, 4.69) is 32.0 Å². The fraction of sp³-hybridized carbons (Fsp3) is 0.417. The lowest BCUT2D eigenvalue weighted by atomic mass is 10.0. The van der Waals surface area contributed by atoms with Crippen LogP contribution in [0.15, 0.2) is 35.0 Å². The minimum Gasteiger partial charge on any atom is -0.380 e. The third-order valence-electron chi connectivity index (χ3n) is 2.41.